The average molecular weight is 317 g/mol. The lowest BCUT2D eigenvalue weighted by Gasteiger charge is -2.06. The van der Waals surface area contributed by atoms with Gasteiger partial charge >= 0.3 is 5.97 Å². The SMILES string of the molecule is Cc1cnc2c(C#N)cc(Cn3cc(C(=O)O)c(C#N)n3)cc2c1. The van der Waals surface area contributed by atoms with Crippen molar-refractivity contribution in [1.29, 1.82) is 10.5 Å². The number of benzene rings is 1. The van der Waals surface area contributed by atoms with Crippen LogP contribution >= 0.6 is 0 Å². The van der Waals surface area contributed by atoms with Crippen molar-refractivity contribution in [3.63, 3.8) is 0 Å². The summed E-state index contributed by atoms with van der Waals surface area (Å²) in [6, 6.07) is 9.39. The Kier molecular flexibility index (Phi) is 3.69. The highest BCUT2D eigenvalue weighted by Gasteiger charge is 2.15. The zero-order valence-electron chi connectivity index (χ0n) is 12.7. The monoisotopic (exact) mass is 317 g/mol. The number of carboxylic acids is 1. The molecule has 24 heavy (non-hydrogen) atoms. The van der Waals surface area contributed by atoms with Gasteiger partial charge in [0.15, 0.2) is 5.69 Å². The molecule has 1 N–H and O–H groups in total. The van der Waals surface area contributed by atoms with Gasteiger partial charge in [0.05, 0.1) is 17.6 Å². The number of aromatic nitrogens is 3. The van der Waals surface area contributed by atoms with Gasteiger partial charge in [0, 0.05) is 17.8 Å². The van der Waals surface area contributed by atoms with Gasteiger partial charge in [-0.3, -0.25) is 9.67 Å². The van der Waals surface area contributed by atoms with Crippen molar-refractivity contribution in [3.05, 3.63) is 58.5 Å². The molecule has 3 rings (SSSR count). The largest absolute Gasteiger partial charge is 0.478 e. The van der Waals surface area contributed by atoms with Crippen LogP contribution in [-0.4, -0.2) is 25.8 Å². The summed E-state index contributed by atoms with van der Waals surface area (Å²) in [5.74, 6) is -1.20. The molecular formula is C17H11N5O2. The molecule has 0 saturated carbocycles. The number of hydrogen-bond donors (Lipinski definition) is 1. The first-order valence-corrected chi connectivity index (χ1v) is 7.02. The van der Waals surface area contributed by atoms with Gasteiger partial charge in [-0.1, -0.05) is 0 Å². The van der Waals surface area contributed by atoms with Gasteiger partial charge in [-0.2, -0.15) is 15.6 Å². The fourth-order valence-electron chi connectivity index (χ4n) is 2.53. The summed E-state index contributed by atoms with van der Waals surface area (Å²) < 4.78 is 1.38. The van der Waals surface area contributed by atoms with Crippen molar-refractivity contribution in [2.45, 2.75) is 13.5 Å². The predicted molar refractivity (Wildman–Crippen MR) is 84.2 cm³/mol. The molecular weight excluding hydrogens is 306 g/mol. The lowest BCUT2D eigenvalue weighted by Crippen LogP contribution is -2.02. The van der Waals surface area contributed by atoms with E-state index in [0.717, 1.165) is 16.5 Å². The Bertz CT molecular complexity index is 1050. The summed E-state index contributed by atoms with van der Waals surface area (Å²) in [6.45, 7) is 2.16. The van der Waals surface area contributed by atoms with Crippen LogP contribution in [0.25, 0.3) is 10.9 Å². The molecule has 0 spiro atoms. The smallest absolute Gasteiger partial charge is 0.340 e. The van der Waals surface area contributed by atoms with Crippen LogP contribution in [0.3, 0.4) is 0 Å². The first-order valence-electron chi connectivity index (χ1n) is 7.02. The molecule has 0 amide bonds. The molecule has 0 saturated heterocycles. The number of aromatic carboxylic acids is 1. The summed E-state index contributed by atoms with van der Waals surface area (Å²) in [5.41, 5.74) is 2.53. The lowest BCUT2D eigenvalue weighted by atomic mass is 10.0. The Hall–Kier alpha value is -3.71. The van der Waals surface area contributed by atoms with Gasteiger partial charge in [0.25, 0.3) is 0 Å². The second kappa shape index (κ2) is 5.82. The molecule has 0 fully saturated rings. The third-order valence-corrected chi connectivity index (χ3v) is 3.54. The number of rotatable bonds is 3. The summed E-state index contributed by atoms with van der Waals surface area (Å²) in [6.07, 6.45) is 3.01. The van der Waals surface area contributed by atoms with Gasteiger partial charge < -0.3 is 5.11 Å². The lowest BCUT2D eigenvalue weighted by molar-refractivity contribution is 0.0696. The molecule has 7 nitrogen and oxygen atoms in total. The van der Waals surface area contributed by atoms with Crippen molar-refractivity contribution in [2.75, 3.05) is 0 Å². The fourth-order valence-corrected chi connectivity index (χ4v) is 2.53. The number of fused-ring (bicyclic) bond motifs is 1. The number of carboxylic acid groups (broad SMARTS) is 1. The number of pyridine rings is 1. The first kappa shape index (κ1) is 15.2. The van der Waals surface area contributed by atoms with Crippen LogP contribution in [-0.2, 0) is 6.54 Å². The number of nitrogens with zero attached hydrogens (tertiary/aromatic N) is 5. The molecule has 1 aromatic carbocycles. The van der Waals surface area contributed by atoms with Crippen LogP contribution in [0, 0.1) is 29.6 Å². The fraction of sp³-hybridized carbons (Fsp3) is 0.118. The molecule has 0 bridgehead atoms. The minimum atomic E-state index is -1.20. The van der Waals surface area contributed by atoms with E-state index in [-0.39, 0.29) is 17.8 Å². The summed E-state index contributed by atoms with van der Waals surface area (Å²) in [4.78, 5) is 15.4. The van der Waals surface area contributed by atoms with Gasteiger partial charge in [-0.15, -0.1) is 0 Å². The molecule has 0 aliphatic rings. The second-order valence-electron chi connectivity index (χ2n) is 5.35. The van der Waals surface area contributed by atoms with Gasteiger partial charge in [-0.25, -0.2) is 4.79 Å². The Morgan fingerprint density at radius 2 is 2.08 bits per heavy atom. The second-order valence-corrected chi connectivity index (χ2v) is 5.35. The molecule has 0 atom stereocenters. The Balaban J connectivity index is 2.06. The molecule has 0 aliphatic carbocycles. The summed E-state index contributed by atoms with van der Waals surface area (Å²) in [7, 11) is 0. The van der Waals surface area contributed by atoms with E-state index in [1.54, 1.807) is 18.3 Å². The van der Waals surface area contributed by atoms with Crippen molar-refractivity contribution in [1.82, 2.24) is 14.8 Å². The Morgan fingerprint density at radius 3 is 2.71 bits per heavy atom. The molecule has 7 heteroatoms. The van der Waals surface area contributed by atoms with Crippen LogP contribution in [0.2, 0.25) is 0 Å². The molecule has 2 aromatic heterocycles. The van der Waals surface area contributed by atoms with E-state index in [0.29, 0.717) is 11.1 Å². The number of nitriles is 2. The highest BCUT2D eigenvalue weighted by atomic mass is 16.4. The highest BCUT2D eigenvalue weighted by Crippen LogP contribution is 2.21. The van der Waals surface area contributed by atoms with Crippen LogP contribution in [0.5, 0.6) is 0 Å². The average Bonchev–Trinajstić information content (AvgIpc) is 2.96. The molecule has 2 heterocycles. The van der Waals surface area contributed by atoms with E-state index in [9.17, 15) is 10.1 Å². The van der Waals surface area contributed by atoms with E-state index >= 15 is 0 Å². The van der Waals surface area contributed by atoms with E-state index < -0.39 is 5.97 Å². The Morgan fingerprint density at radius 1 is 1.29 bits per heavy atom. The maximum absolute atomic E-state index is 11.1. The summed E-state index contributed by atoms with van der Waals surface area (Å²) in [5, 5.41) is 32.2. The topological polar surface area (TPSA) is 116 Å². The van der Waals surface area contributed by atoms with Gasteiger partial charge in [0.2, 0.25) is 0 Å². The van der Waals surface area contributed by atoms with E-state index in [1.807, 2.05) is 19.1 Å². The number of carbonyl (C=O) groups is 1. The third-order valence-electron chi connectivity index (χ3n) is 3.54. The predicted octanol–water partition coefficient (Wildman–Crippen LogP) is 2.23. The van der Waals surface area contributed by atoms with Crippen molar-refractivity contribution in [2.24, 2.45) is 0 Å². The van der Waals surface area contributed by atoms with Gasteiger partial charge in [-0.05, 0) is 36.2 Å². The van der Waals surface area contributed by atoms with Gasteiger partial charge in [0.1, 0.15) is 17.7 Å². The zero-order valence-corrected chi connectivity index (χ0v) is 12.7. The van der Waals surface area contributed by atoms with E-state index in [2.05, 4.69) is 16.2 Å². The zero-order chi connectivity index (χ0) is 17.3. The number of aryl methyl sites for hydroxylation is 1. The Labute approximate surface area is 137 Å². The minimum Gasteiger partial charge on any atom is -0.478 e. The highest BCUT2D eigenvalue weighted by molar-refractivity contribution is 5.89. The maximum Gasteiger partial charge on any atom is 0.340 e. The normalized spacial score (nSPS) is 10.3. The molecule has 0 unspecified atom stereocenters. The van der Waals surface area contributed by atoms with Crippen LogP contribution in [0.15, 0.2) is 30.6 Å². The first-order chi connectivity index (χ1) is 11.5. The quantitative estimate of drug-likeness (QED) is 0.792. The van der Waals surface area contributed by atoms with Crippen LogP contribution in [0.1, 0.15) is 32.7 Å². The summed E-state index contributed by atoms with van der Waals surface area (Å²) >= 11 is 0. The molecule has 116 valence electrons. The number of hydrogen-bond acceptors (Lipinski definition) is 5. The van der Waals surface area contributed by atoms with E-state index in [4.69, 9.17) is 10.4 Å². The molecule has 0 aliphatic heterocycles. The van der Waals surface area contributed by atoms with Crippen LogP contribution < -0.4 is 0 Å². The van der Waals surface area contributed by atoms with Crippen molar-refractivity contribution < 1.29 is 9.90 Å². The standard InChI is InChI=1S/C17H11N5O2/c1-10-2-12-3-11(4-13(5-18)16(12)20-7-10)8-22-9-14(17(23)24)15(6-19)21-22/h2-4,7,9H,8H2,1H3,(H,23,24). The van der Waals surface area contributed by atoms with Crippen LogP contribution in [0.4, 0.5) is 0 Å². The van der Waals surface area contributed by atoms with E-state index in [1.165, 1.54) is 10.9 Å². The molecule has 3 aromatic rings. The molecule has 0 radical (unpaired) electrons. The van der Waals surface area contributed by atoms with Crippen molar-refractivity contribution in [3.8, 4) is 12.1 Å². The van der Waals surface area contributed by atoms with Crippen molar-refractivity contribution >= 4 is 16.9 Å². The third kappa shape index (κ3) is 2.67. The maximum atomic E-state index is 11.1. The minimum absolute atomic E-state index is 0.138.